The van der Waals surface area contributed by atoms with Gasteiger partial charge in [-0.25, -0.2) is 8.42 Å². The summed E-state index contributed by atoms with van der Waals surface area (Å²) in [6.45, 7) is 2.67. The first-order valence-corrected chi connectivity index (χ1v) is 8.21. The minimum absolute atomic E-state index is 0.241. The van der Waals surface area contributed by atoms with Crippen LogP contribution in [0.25, 0.3) is 0 Å². The molecule has 0 spiro atoms. The zero-order valence-electron chi connectivity index (χ0n) is 9.74. The SMILES string of the molecule is CC1(NCc2ccccc2Br)CCS(=O)(=O)C1. The molecule has 5 heteroatoms. The van der Waals surface area contributed by atoms with Crippen LogP contribution in [0.15, 0.2) is 28.7 Å². The second-order valence-electron chi connectivity index (χ2n) is 4.85. The van der Waals surface area contributed by atoms with Gasteiger partial charge in [-0.05, 0) is 25.0 Å². The lowest BCUT2D eigenvalue weighted by molar-refractivity contribution is 0.395. The zero-order chi connectivity index (χ0) is 12.5. The van der Waals surface area contributed by atoms with Crippen molar-refractivity contribution in [2.45, 2.75) is 25.4 Å². The largest absolute Gasteiger partial charge is 0.306 e. The number of rotatable bonds is 3. The number of benzene rings is 1. The van der Waals surface area contributed by atoms with Gasteiger partial charge in [-0.15, -0.1) is 0 Å². The Bertz CT molecular complexity index is 515. The average Bonchev–Trinajstić information content (AvgIpc) is 2.53. The van der Waals surface area contributed by atoms with Gasteiger partial charge in [0.1, 0.15) is 0 Å². The van der Waals surface area contributed by atoms with Gasteiger partial charge in [0.05, 0.1) is 11.5 Å². The number of hydrogen-bond donors (Lipinski definition) is 1. The van der Waals surface area contributed by atoms with Gasteiger partial charge in [-0.2, -0.15) is 0 Å². The van der Waals surface area contributed by atoms with Crippen LogP contribution in [0, 0.1) is 0 Å². The van der Waals surface area contributed by atoms with Crippen molar-refractivity contribution >= 4 is 25.8 Å². The minimum Gasteiger partial charge on any atom is -0.306 e. The summed E-state index contributed by atoms with van der Waals surface area (Å²) in [6.07, 6.45) is 0.694. The fraction of sp³-hybridized carbons (Fsp3) is 0.500. The molecule has 0 aromatic heterocycles. The molecular formula is C12H16BrNO2S. The molecular weight excluding hydrogens is 302 g/mol. The second kappa shape index (κ2) is 4.71. The van der Waals surface area contributed by atoms with Crippen LogP contribution in [0.2, 0.25) is 0 Å². The third-order valence-corrected chi connectivity index (χ3v) is 5.84. The highest BCUT2D eigenvalue weighted by atomic mass is 79.9. The third-order valence-electron chi connectivity index (χ3n) is 3.17. The Labute approximate surface area is 111 Å². The monoisotopic (exact) mass is 317 g/mol. The first-order chi connectivity index (χ1) is 7.90. The lowest BCUT2D eigenvalue weighted by Gasteiger charge is -2.24. The van der Waals surface area contributed by atoms with E-state index in [1.54, 1.807) is 0 Å². The molecule has 3 nitrogen and oxygen atoms in total. The van der Waals surface area contributed by atoms with Gasteiger partial charge in [0.2, 0.25) is 0 Å². The highest BCUT2D eigenvalue weighted by Crippen LogP contribution is 2.24. The smallest absolute Gasteiger partial charge is 0.152 e. The summed E-state index contributed by atoms with van der Waals surface area (Å²) < 4.78 is 24.0. The molecule has 2 rings (SSSR count). The molecule has 1 aromatic rings. The number of nitrogens with one attached hydrogen (secondary N) is 1. The predicted octanol–water partition coefficient (Wildman–Crippen LogP) is 2.12. The summed E-state index contributed by atoms with van der Waals surface area (Å²) >= 11 is 3.49. The topological polar surface area (TPSA) is 46.2 Å². The Balaban J connectivity index is 2.02. The molecule has 0 radical (unpaired) electrons. The van der Waals surface area contributed by atoms with Crippen molar-refractivity contribution in [3.05, 3.63) is 34.3 Å². The zero-order valence-corrected chi connectivity index (χ0v) is 12.1. The van der Waals surface area contributed by atoms with Crippen LogP contribution in [0.3, 0.4) is 0 Å². The molecule has 1 fully saturated rings. The molecule has 1 aliphatic heterocycles. The fourth-order valence-corrected chi connectivity index (χ4v) is 4.65. The Kier molecular flexibility index (Phi) is 3.61. The Hall–Kier alpha value is -0.390. The van der Waals surface area contributed by atoms with Crippen molar-refractivity contribution in [3.63, 3.8) is 0 Å². The Morgan fingerprint density at radius 3 is 2.71 bits per heavy atom. The van der Waals surface area contributed by atoms with Crippen LogP contribution < -0.4 is 5.32 Å². The highest BCUT2D eigenvalue weighted by molar-refractivity contribution is 9.10. The van der Waals surface area contributed by atoms with E-state index in [0.29, 0.717) is 18.7 Å². The molecule has 0 amide bonds. The summed E-state index contributed by atoms with van der Waals surface area (Å²) in [5.41, 5.74) is 0.867. The second-order valence-corrected chi connectivity index (χ2v) is 7.89. The standard InChI is InChI=1S/C12H16BrNO2S/c1-12(6-7-17(15,16)9-12)14-8-10-4-2-3-5-11(10)13/h2-5,14H,6-9H2,1H3. The molecule has 1 heterocycles. The van der Waals surface area contributed by atoms with Crippen molar-refractivity contribution in [3.8, 4) is 0 Å². The summed E-state index contributed by atoms with van der Waals surface area (Å²) in [5, 5.41) is 3.36. The van der Waals surface area contributed by atoms with Crippen LogP contribution in [0.1, 0.15) is 18.9 Å². The maximum atomic E-state index is 11.5. The first-order valence-electron chi connectivity index (χ1n) is 5.59. The molecule has 0 bridgehead atoms. The molecule has 0 saturated carbocycles. The van der Waals surface area contributed by atoms with Gasteiger partial charge in [-0.3, -0.25) is 0 Å². The van der Waals surface area contributed by atoms with Crippen molar-refractivity contribution in [2.24, 2.45) is 0 Å². The van der Waals surface area contributed by atoms with E-state index in [4.69, 9.17) is 0 Å². The van der Waals surface area contributed by atoms with Gasteiger partial charge in [0.25, 0.3) is 0 Å². The quantitative estimate of drug-likeness (QED) is 0.928. The Morgan fingerprint density at radius 1 is 1.41 bits per heavy atom. The lowest BCUT2D eigenvalue weighted by atomic mass is 10.0. The molecule has 1 unspecified atom stereocenters. The maximum absolute atomic E-state index is 11.5. The molecule has 0 aliphatic carbocycles. The van der Waals surface area contributed by atoms with E-state index in [1.165, 1.54) is 0 Å². The van der Waals surface area contributed by atoms with Crippen LogP contribution >= 0.6 is 15.9 Å². The van der Waals surface area contributed by atoms with E-state index in [1.807, 2.05) is 31.2 Å². The van der Waals surface area contributed by atoms with E-state index in [-0.39, 0.29) is 11.3 Å². The fourth-order valence-electron chi connectivity index (χ4n) is 2.10. The van der Waals surface area contributed by atoms with Gasteiger partial charge in [-0.1, -0.05) is 34.1 Å². The minimum atomic E-state index is -2.84. The summed E-state index contributed by atoms with van der Waals surface area (Å²) in [6, 6.07) is 7.97. The van der Waals surface area contributed by atoms with Crippen LogP contribution in [-0.4, -0.2) is 25.5 Å². The van der Waals surface area contributed by atoms with Gasteiger partial charge in [0, 0.05) is 16.6 Å². The van der Waals surface area contributed by atoms with Crippen LogP contribution in [0.5, 0.6) is 0 Å². The summed E-state index contributed by atoms with van der Waals surface area (Å²) in [4.78, 5) is 0. The van der Waals surface area contributed by atoms with Gasteiger partial charge >= 0.3 is 0 Å². The van der Waals surface area contributed by atoms with Gasteiger partial charge in [0.15, 0.2) is 9.84 Å². The third kappa shape index (κ3) is 3.30. The van der Waals surface area contributed by atoms with E-state index < -0.39 is 9.84 Å². The molecule has 1 aromatic carbocycles. The van der Waals surface area contributed by atoms with E-state index in [9.17, 15) is 8.42 Å². The van der Waals surface area contributed by atoms with Crippen molar-refractivity contribution in [1.82, 2.24) is 5.32 Å². The summed E-state index contributed by atoms with van der Waals surface area (Å²) in [7, 11) is -2.84. The van der Waals surface area contributed by atoms with Crippen molar-refractivity contribution < 1.29 is 8.42 Å². The summed E-state index contributed by atoms with van der Waals surface area (Å²) in [5.74, 6) is 0.539. The predicted molar refractivity (Wildman–Crippen MR) is 72.7 cm³/mol. The molecule has 17 heavy (non-hydrogen) atoms. The number of sulfone groups is 1. The van der Waals surface area contributed by atoms with Gasteiger partial charge < -0.3 is 5.32 Å². The van der Waals surface area contributed by atoms with E-state index in [2.05, 4.69) is 21.2 Å². The van der Waals surface area contributed by atoms with Crippen LogP contribution in [-0.2, 0) is 16.4 Å². The molecule has 94 valence electrons. The van der Waals surface area contributed by atoms with Crippen molar-refractivity contribution in [2.75, 3.05) is 11.5 Å². The van der Waals surface area contributed by atoms with E-state index in [0.717, 1.165) is 10.0 Å². The molecule has 1 atom stereocenters. The molecule has 1 aliphatic rings. The average molecular weight is 318 g/mol. The maximum Gasteiger partial charge on any atom is 0.152 e. The van der Waals surface area contributed by atoms with Crippen LogP contribution in [0.4, 0.5) is 0 Å². The first kappa shape index (κ1) is 13.1. The molecule has 1 N–H and O–H groups in total. The highest BCUT2D eigenvalue weighted by Gasteiger charge is 2.37. The number of hydrogen-bond acceptors (Lipinski definition) is 3. The number of halogens is 1. The lowest BCUT2D eigenvalue weighted by Crippen LogP contribution is -2.42. The Morgan fingerprint density at radius 2 is 2.12 bits per heavy atom. The normalized spacial score (nSPS) is 27.2. The molecule has 1 saturated heterocycles. The van der Waals surface area contributed by atoms with Crippen molar-refractivity contribution in [1.29, 1.82) is 0 Å². The van der Waals surface area contributed by atoms with E-state index >= 15 is 0 Å².